The van der Waals surface area contributed by atoms with E-state index in [1.807, 2.05) is 6.92 Å². The molecule has 0 saturated heterocycles. The first-order chi connectivity index (χ1) is 16.1. The van der Waals surface area contributed by atoms with E-state index in [0.29, 0.717) is 17.7 Å². The Labute approximate surface area is 208 Å². The molecule has 7 nitrogen and oxygen atoms in total. The quantitative estimate of drug-likeness (QED) is 0.266. The molecule has 1 aliphatic rings. The molecule has 1 fully saturated rings. The fraction of sp³-hybridized carbons (Fsp3) is 0.577. The van der Waals surface area contributed by atoms with Crippen LogP contribution < -0.4 is 10.6 Å². The number of thiol groups is 1. The summed E-state index contributed by atoms with van der Waals surface area (Å²) in [6.07, 6.45) is 9.13. The molecule has 2 atom stereocenters. The highest BCUT2D eigenvalue weighted by atomic mass is 32.1. The Kier molecular flexibility index (Phi) is 10.3. The maximum atomic E-state index is 13.8. The molecule has 2 N–H and O–H groups in total. The minimum atomic E-state index is -0.935. The van der Waals surface area contributed by atoms with Gasteiger partial charge in [0.05, 0.1) is 0 Å². The molecule has 1 aromatic carbocycles. The van der Waals surface area contributed by atoms with Crippen LogP contribution in [0.3, 0.4) is 0 Å². The summed E-state index contributed by atoms with van der Waals surface area (Å²) in [6.45, 7) is 7.82. The molecular weight excluding hydrogens is 450 g/mol. The molecule has 1 saturated carbocycles. The van der Waals surface area contributed by atoms with E-state index in [1.165, 1.54) is 0 Å². The van der Waals surface area contributed by atoms with Crippen molar-refractivity contribution in [3.05, 3.63) is 35.4 Å². The third-order valence-corrected chi connectivity index (χ3v) is 6.01. The van der Waals surface area contributed by atoms with Gasteiger partial charge in [-0.05, 0) is 64.2 Å². The van der Waals surface area contributed by atoms with Crippen molar-refractivity contribution < 1.29 is 19.1 Å². The predicted octanol–water partition coefficient (Wildman–Crippen LogP) is 3.83. The van der Waals surface area contributed by atoms with Crippen molar-refractivity contribution >= 4 is 30.5 Å². The van der Waals surface area contributed by atoms with Crippen LogP contribution in [0.4, 0.5) is 4.79 Å². The van der Waals surface area contributed by atoms with Gasteiger partial charge in [0.25, 0.3) is 0 Å². The maximum Gasteiger partial charge on any atom is 0.408 e. The average Bonchev–Trinajstić information content (AvgIpc) is 2.74. The van der Waals surface area contributed by atoms with E-state index in [2.05, 4.69) is 29.2 Å². The topological polar surface area (TPSA) is 87.7 Å². The fourth-order valence-corrected chi connectivity index (χ4v) is 3.93. The second kappa shape index (κ2) is 12.7. The number of rotatable bonds is 10. The lowest BCUT2D eigenvalue weighted by Crippen LogP contribution is -2.58. The van der Waals surface area contributed by atoms with Gasteiger partial charge in [0.2, 0.25) is 11.8 Å². The predicted molar refractivity (Wildman–Crippen MR) is 137 cm³/mol. The van der Waals surface area contributed by atoms with Gasteiger partial charge in [-0.3, -0.25) is 9.59 Å². The van der Waals surface area contributed by atoms with Crippen LogP contribution in [0.5, 0.6) is 0 Å². The first kappa shape index (κ1) is 27.6. The summed E-state index contributed by atoms with van der Waals surface area (Å²) in [4.78, 5) is 41.2. The summed E-state index contributed by atoms with van der Waals surface area (Å²) >= 11 is 4.31. The normalized spacial score (nSPS) is 15.3. The zero-order valence-corrected chi connectivity index (χ0v) is 21.5. The molecule has 34 heavy (non-hydrogen) atoms. The second-order valence-corrected chi connectivity index (χ2v) is 9.89. The molecule has 2 unspecified atom stereocenters. The van der Waals surface area contributed by atoms with E-state index in [-0.39, 0.29) is 23.6 Å². The highest BCUT2D eigenvalue weighted by Gasteiger charge is 2.41. The van der Waals surface area contributed by atoms with Gasteiger partial charge in [-0.15, -0.1) is 6.42 Å². The highest BCUT2D eigenvalue weighted by molar-refractivity contribution is 7.80. The number of nitrogens with one attached hydrogen (secondary N) is 2. The van der Waals surface area contributed by atoms with E-state index >= 15 is 0 Å². The fourth-order valence-electron chi connectivity index (χ4n) is 3.68. The van der Waals surface area contributed by atoms with E-state index in [0.717, 1.165) is 32.1 Å². The van der Waals surface area contributed by atoms with Crippen LogP contribution in [0.15, 0.2) is 24.3 Å². The number of amides is 3. The molecule has 3 amide bonds. The molecule has 0 aromatic heterocycles. The molecule has 0 heterocycles. The van der Waals surface area contributed by atoms with Gasteiger partial charge in [0.1, 0.15) is 17.7 Å². The minimum absolute atomic E-state index is 0.0709. The van der Waals surface area contributed by atoms with E-state index in [4.69, 9.17) is 11.2 Å². The SMILES string of the molecule is C#Cc1ccc(C(C(=O)NCCCC)N(C(=O)C(CS)NC(=O)OC(C)(C)C)C2CCC2)cc1. The van der Waals surface area contributed by atoms with Crippen molar-refractivity contribution in [1.82, 2.24) is 15.5 Å². The summed E-state index contributed by atoms with van der Waals surface area (Å²) < 4.78 is 5.33. The van der Waals surface area contributed by atoms with Crippen LogP contribution in [0.2, 0.25) is 0 Å². The molecule has 2 rings (SSSR count). The number of carbonyl (C=O) groups excluding carboxylic acids is 3. The lowest BCUT2D eigenvalue weighted by Gasteiger charge is -2.43. The third-order valence-electron chi connectivity index (χ3n) is 5.64. The standard InChI is InChI=1S/C26H37N3O4S/c1-6-8-16-27-23(30)22(19-14-12-18(7-2)13-15-19)29(20-10-9-11-20)24(31)21(17-34)28-25(32)33-26(3,4)5/h2,12-15,20-22,34H,6,8-11,16-17H2,1,3-5H3,(H,27,30)(H,28,32). The zero-order chi connectivity index (χ0) is 25.3. The summed E-state index contributed by atoms with van der Waals surface area (Å²) in [7, 11) is 0. The van der Waals surface area contributed by atoms with E-state index in [1.54, 1.807) is 49.9 Å². The lowest BCUT2D eigenvalue weighted by molar-refractivity contribution is -0.147. The van der Waals surface area contributed by atoms with Crippen molar-refractivity contribution in [3.8, 4) is 12.3 Å². The first-order valence-corrected chi connectivity index (χ1v) is 12.5. The smallest absolute Gasteiger partial charge is 0.408 e. The van der Waals surface area contributed by atoms with Gasteiger partial charge in [-0.25, -0.2) is 4.79 Å². The van der Waals surface area contributed by atoms with Gasteiger partial charge >= 0.3 is 6.09 Å². The van der Waals surface area contributed by atoms with Crippen LogP contribution in [0, 0.1) is 12.3 Å². The number of unbranched alkanes of at least 4 members (excludes halogenated alkanes) is 1. The molecule has 186 valence electrons. The van der Waals surface area contributed by atoms with E-state index in [9.17, 15) is 14.4 Å². The second-order valence-electron chi connectivity index (χ2n) is 9.53. The van der Waals surface area contributed by atoms with Gasteiger partial charge in [0.15, 0.2) is 0 Å². The number of alkyl carbamates (subject to hydrolysis) is 1. The van der Waals surface area contributed by atoms with Gasteiger partial charge in [0, 0.05) is 23.9 Å². The molecule has 1 aliphatic carbocycles. The van der Waals surface area contributed by atoms with Crippen molar-refractivity contribution in [1.29, 1.82) is 0 Å². The Morgan fingerprint density at radius 3 is 2.35 bits per heavy atom. The summed E-state index contributed by atoms with van der Waals surface area (Å²) in [5.74, 6) is 2.04. The van der Waals surface area contributed by atoms with Crippen LogP contribution >= 0.6 is 12.6 Å². The maximum absolute atomic E-state index is 13.8. The Balaban J connectivity index is 2.39. The van der Waals surface area contributed by atoms with Crippen LogP contribution in [-0.2, 0) is 14.3 Å². The number of carbonyl (C=O) groups is 3. The summed E-state index contributed by atoms with van der Waals surface area (Å²) in [5.41, 5.74) is 0.654. The summed E-state index contributed by atoms with van der Waals surface area (Å²) in [6, 6.07) is 5.22. The number of hydrogen-bond acceptors (Lipinski definition) is 5. The Morgan fingerprint density at radius 2 is 1.88 bits per heavy atom. The molecule has 0 aliphatic heterocycles. The largest absolute Gasteiger partial charge is 0.444 e. The number of benzene rings is 1. The average molecular weight is 488 g/mol. The highest BCUT2D eigenvalue weighted by Crippen LogP contribution is 2.34. The monoisotopic (exact) mass is 487 g/mol. The molecule has 0 spiro atoms. The lowest BCUT2D eigenvalue weighted by atomic mass is 9.88. The van der Waals surface area contributed by atoms with E-state index < -0.39 is 23.8 Å². The Morgan fingerprint density at radius 1 is 1.24 bits per heavy atom. The minimum Gasteiger partial charge on any atom is -0.444 e. The first-order valence-electron chi connectivity index (χ1n) is 11.9. The molecule has 8 heteroatoms. The number of ether oxygens (including phenoxy) is 1. The van der Waals surface area contributed by atoms with Crippen LogP contribution in [0.25, 0.3) is 0 Å². The van der Waals surface area contributed by atoms with Crippen molar-refractivity contribution in [2.45, 2.75) is 83.5 Å². The summed E-state index contributed by atoms with van der Waals surface area (Å²) in [5, 5.41) is 5.61. The van der Waals surface area contributed by atoms with Gasteiger partial charge < -0.3 is 20.3 Å². The number of hydrogen-bond donors (Lipinski definition) is 3. The zero-order valence-electron chi connectivity index (χ0n) is 20.6. The van der Waals surface area contributed by atoms with Crippen molar-refractivity contribution in [2.24, 2.45) is 0 Å². The third kappa shape index (κ3) is 7.69. The Bertz CT molecular complexity index is 885. The van der Waals surface area contributed by atoms with Crippen molar-refractivity contribution in [2.75, 3.05) is 12.3 Å². The molecular formula is C26H37N3O4S. The van der Waals surface area contributed by atoms with Crippen molar-refractivity contribution in [3.63, 3.8) is 0 Å². The van der Waals surface area contributed by atoms with Crippen LogP contribution in [-0.4, -0.2) is 52.8 Å². The van der Waals surface area contributed by atoms with Gasteiger partial charge in [-0.1, -0.05) is 31.4 Å². The number of nitrogens with zero attached hydrogens (tertiary/aromatic N) is 1. The molecule has 0 radical (unpaired) electrons. The van der Waals surface area contributed by atoms with Crippen LogP contribution in [0.1, 0.15) is 77.0 Å². The number of terminal acetylenes is 1. The van der Waals surface area contributed by atoms with Gasteiger partial charge in [-0.2, -0.15) is 12.6 Å². The molecule has 0 bridgehead atoms. The Hall–Kier alpha value is -2.66. The molecule has 1 aromatic rings.